The molecule has 2 aliphatic heterocycles. The zero-order valence-electron chi connectivity index (χ0n) is 12.4. The normalized spacial score (nSPS) is 22.5. The van der Waals surface area contributed by atoms with Crippen LogP contribution in [0.3, 0.4) is 0 Å². The summed E-state index contributed by atoms with van der Waals surface area (Å²) in [4.78, 5) is 48.9. The van der Waals surface area contributed by atoms with Crippen molar-refractivity contribution in [3.8, 4) is 0 Å². The molecule has 8 heteroatoms. The number of anilines is 1. The Balaban J connectivity index is 1.92. The third-order valence-electron chi connectivity index (χ3n) is 3.85. The van der Waals surface area contributed by atoms with E-state index in [1.807, 2.05) is 0 Å². The first-order chi connectivity index (χ1) is 11.0. The fraction of sp³-hybridized carbons (Fsp3) is 0.267. The Morgan fingerprint density at radius 2 is 1.83 bits per heavy atom. The molecule has 2 heterocycles. The first-order valence-electron chi connectivity index (χ1n) is 6.86. The number of hydrazone groups is 1. The average Bonchev–Trinajstić information content (AvgIpc) is 3.08. The maximum atomic E-state index is 12.6. The van der Waals surface area contributed by atoms with Crippen molar-refractivity contribution < 1.29 is 23.9 Å². The van der Waals surface area contributed by atoms with E-state index >= 15 is 0 Å². The summed E-state index contributed by atoms with van der Waals surface area (Å²) in [6.45, 7) is 1.43. The first kappa shape index (κ1) is 14.9. The highest BCUT2D eigenvalue weighted by atomic mass is 16.5. The van der Waals surface area contributed by atoms with E-state index in [9.17, 15) is 19.2 Å². The number of hydrogen-bond acceptors (Lipinski definition) is 7. The lowest BCUT2D eigenvalue weighted by molar-refractivity contribution is -0.133. The zero-order chi connectivity index (χ0) is 16.7. The zero-order valence-corrected chi connectivity index (χ0v) is 12.4. The fourth-order valence-electron chi connectivity index (χ4n) is 2.66. The predicted octanol–water partition coefficient (Wildman–Crippen LogP) is -0.121. The van der Waals surface area contributed by atoms with Gasteiger partial charge in [0.15, 0.2) is 11.5 Å². The highest BCUT2D eigenvalue weighted by molar-refractivity contribution is 6.46. The Bertz CT molecular complexity index is 753. The van der Waals surface area contributed by atoms with Gasteiger partial charge in [-0.2, -0.15) is 5.10 Å². The van der Waals surface area contributed by atoms with Gasteiger partial charge in [-0.1, -0.05) is 0 Å². The van der Waals surface area contributed by atoms with Gasteiger partial charge in [-0.15, -0.1) is 0 Å². The Labute approximate surface area is 131 Å². The van der Waals surface area contributed by atoms with E-state index in [-0.39, 0.29) is 11.5 Å². The van der Waals surface area contributed by atoms with Crippen LogP contribution < -0.4 is 10.3 Å². The van der Waals surface area contributed by atoms with Crippen LogP contribution >= 0.6 is 0 Å². The van der Waals surface area contributed by atoms with Crippen molar-refractivity contribution in [2.75, 3.05) is 12.0 Å². The van der Waals surface area contributed by atoms with E-state index in [1.165, 1.54) is 38.3 Å². The lowest BCUT2D eigenvalue weighted by Crippen LogP contribution is -2.36. The van der Waals surface area contributed by atoms with E-state index in [0.29, 0.717) is 11.3 Å². The Morgan fingerprint density at radius 3 is 2.39 bits per heavy atom. The summed E-state index contributed by atoms with van der Waals surface area (Å²) in [7, 11) is 1.18. The molecule has 1 aromatic carbocycles. The molecule has 0 aromatic heterocycles. The van der Waals surface area contributed by atoms with Gasteiger partial charge in [0.1, 0.15) is 12.0 Å². The number of nitrogens with zero attached hydrogens (tertiary/aromatic N) is 2. The van der Waals surface area contributed by atoms with Crippen LogP contribution in [0.25, 0.3) is 0 Å². The number of benzene rings is 1. The molecule has 1 saturated heterocycles. The lowest BCUT2D eigenvalue weighted by atomic mass is 9.99. The van der Waals surface area contributed by atoms with Crippen LogP contribution in [0.2, 0.25) is 0 Å². The summed E-state index contributed by atoms with van der Waals surface area (Å²) >= 11 is 0. The van der Waals surface area contributed by atoms with Crippen molar-refractivity contribution >= 4 is 35.0 Å². The Kier molecular flexibility index (Phi) is 3.44. The number of carbonyl (C=O) groups is 4. The number of nitrogens with one attached hydrogen (secondary N) is 1. The second kappa shape index (κ2) is 5.31. The standard InChI is InChI=1S/C15H13N3O5/c1-7(19)8-3-5-9(6-4-8)18-13(20)10-11(14(18)21)16-17-12(10)15(22)23-2/h3-6,10-11,16H,1-2H3/t10-,11-/m0/s1. The number of rotatable bonds is 3. The monoisotopic (exact) mass is 315 g/mol. The third-order valence-corrected chi connectivity index (χ3v) is 3.85. The molecule has 0 radical (unpaired) electrons. The number of ether oxygens (including phenoxy) is 1. The number of fused-ring (bicyclic) bond motifs is 1. The van der Waals surface area contributed by atoms with Crippen LogP contribution in [0.15, 0.2) is 29.4 Å². The third kappa shape index (κ3) is 2.19. The molecule has 118 valence electrons. The number of methoxy groups -OCH3 is 1. The maximum absolute atomic E-state index is 12.6. The largest absolute Gasteiger partial charge is 0.464 e. The van der Waals surface area contributed by atoms with E-state index in [1.54, 1.807) is 0 Å². The van der Waals surface area contributed by atoms with Crippen molar-refractivity contribution in [3.05, 3.63) is 29.8 Å². The van der Waals surface area contributed by atoms with Crippen LogP contribution in [0.1, 0.15) is 17.3 Å². The fourth-order valence-corrected chi connectivity index (χ4v) is 2.66. The minimum absolute atomic E-state index is 0.112. The summed E-state index contributed by atoms with van der Waals surface area (Å²) in [5, 5.41) is 3.74. The number of carbonyl (C=O) groups excluding carboxylic acids is 4. The van der Waals surface area contributed by atoms with Gasteiger partial charge in [0, 0.05) is 5.56 Å². The summed E-state index contributed by atoms with van der Waals surface area (Å²) in [6.07, 6.45) is 0. The van der Waals surface area contributed by atoms with E-state index < -0.39 is 29.7 Å². The molecule has 2 aliphatic rings. The number of amides is 2. The first-order valence-corrected chi connectivity index (χ1v) is 6.86. The lowest BCUT2D eigenvalue weighted by Gasteiger charge is -2.15. The van der Waals surface area contributed by atoms with E-state index in [4.69, 9.17) is 0 Å². The molecule has 2 atom stereocenters. The highest BCUT2D eigenvalue weighted by Crippen LogP contribution is 2.30. The van der Waals surface area contributed by atoms with Gasteiger partial charge in [0.25, 0.3) is 5.91 Å². The topological polar surface area (TPSA) is 105 Å². The minimum Gasteiger partial charge on any atom is -0.464 e. The summed E-state index contributed by atoms with van der Waals surface area (Å²) in [6, 6.07) is 5.19. The molecule has 2 amide bonds. The van der Waals surface area contributed by atoms with Crippen molar-refractivity contribution in [1.82, 2.24) is 5.43 Å². The van der Waals surface area contributed by atoms with Crippen LogP contribution in [0.4, 0.5) is 5.69 Å². The Hall–Kier alpha value is -3.03. The number of imide groups is 1. The summed E-state index contributed by atoms with van der Waals surface area (Å²) < 4.78 is 4.58. The van der Waals surface area contributed by atoms with E-state index in [2.05, 4.69) is 15.3 Å². The van der Waals surface area contributed by atoms with Crippen molar-refractivity contribution in [2.24, 2.45) is 11.0 Å². The van der Waals surface area contributed by atoms with Crippen LogP contribution in [0, 0.1) is 5.92 Å². The molecule has 8 nitrogen and oxygen atoms in total. The maximum Gasteiger partial charge on any atom is 0.355 e. The molecule has 0 saturated carbocycles. The highest BCUT2D eigenvalue weighted by Gasteiger charge is 2.55. The second-order valence-corrected chi connectivity index (χ2v) is 5.19. The molecule has 1 aromatic rings. The van der Waals surface area contributed by atoms with Gasteiger partial charge >= 0.3 is 5.97 Å². The SMILES string of the molecule is COC(=O)C1=NN[C@@H]2C(=O)N(c3ccc(C(C)=O)cc3)C(=O)[C@H]12. The summed E-state index contributed by atoms with van der Waals surface area (Å²) in [5.41, 5.74) is 3.22. The molecule has 0 unspecified atom stereocenters. The molecule has 1 fully saturated rings. The molecule has 1 N–H and O–H groups in total. The second-order valence-electron chi connectivity index (χ2n) is 5.19. The molecular weight excluding hydrogens is 302 g/mol. The van der Waals surface area contributed by atoms with Gasteiger partial charge in [0.05, 0.1) is 12.8 Å². The number of esters is 1. The van der Waals surface area contributed by atoms with Crippen LogP contribution in [0.5, 0.6) is 0 Å². The van der Waals surface area contributed by atoms with Crippen molar-refractivity contribution in [3.63, 3.8) is 0 Å². The quantitative estimate of drug-likeness (QED) is 0.473. The molecule has 0 bridgehead atoms. The minimum atomic E-state index is -0.998. The van der Waals surface area contributed by atoms with Gasteiger partial charge in [0.2, 0.25) is 5.91 Å². The predicted molar refractivity (Wildman–Crippen MR) is 78.8 cm³/mol. The molecular formula is C15H13N3O5. The number of Topliss-reactive ketones (excluding diaryl/α,β-unsaturated/α-hetero) is 1. The van der Waals surface area contributed by atoms with Gasteiger partial charge < -0.3 is 4.74 Å². The van der Waals surface area contributed by atoms with Crippen molar-refractivity contribution in [1.29, 1.82) is 0 Å². The average molecular weight is 315 g/mol. The van der Waals surface area contributed by atoms with Gasteiger partial charge in [-0.25, -0.2) is 9.69 Å². The molecule has 23 heavy (non-hydrogen) atoms. The van der Waals surface area contributed by atoms with E-state index in [0.717, 1.165) is 4.90 Å². The molecule has 0 aliphatic carbocycles. The molecule has 3 rings (SSSR count). The number of hydrogen-bond donors (Lipinski definition) is 1. The summed E-state index contributed by atoms with van der Waals surface area (Å²) in [5.74, 6) is -2.92. The van der Waals surface area contributed by atoms with Crippen LogP contribution in [-0.4, -0.2) is 42.4 Å². The van der Waals surface area contributed by atoms with Gasteiger partial charge in [-0.3, -0.25) is 19.8 Å². The number of ketones is 1. The van der Waals surface area contributed by atoms with Crippen molar-refractivity contribution in [2.45, 2.75) is 13.0 Å². The smallest absolute Gasteiger partial charge is 0.355 e. The molecule has 0 spiro atoms. The van der Waals surface area contributed by atoms with Gasteiger partial charge in [-0.05, 0) is 31.2 Å². The Morgan fingerprint density at radius 1 is 1.17 bits per heavy atom. The van der Waals surface area contributed by atoms with Crippen LogP contribution in [-0.2, 0) is 19.1 Å².